The third-order valence-corrected chi connectivity index (χ3v) is 4.51. The second-order valence-corrected chi connectivity index (χ2v) is 7.20. The minimum atomic E-state index is -0.0894. The van der Waals surface area contributed by atoms with E-state index in [1.165, 1.54) is 5.69 Å². The van der Waals surface area contributed by atoms with Crippen LogP contribution in [0.15, 0.2) is 4.52 Å². The van der Waals surface area contributed by atoms with Crippen LogP contribution in [0.25, 0.3) is 0 Å². The van der Waals surface area contributed by atoms with Gasteiger partial charge in [-0.2, -0.15) is 4.98 Å². The van der Waals surface area contributed by atoms with Crippen LogP contribution in [-0.4, -0.2) is 31.1 Å². The van der Waals surface area contributed by atoms with E-state index >= 15 is 0 Å². The first-order valence-electron chi connectivity index (χ1n) is 7.88. The molecule has 1 unspecified atom stereocenters. The number of aryl methyl sites for hydroxylation is 1. The van der Waals surface area contributed by atoms with Crippen LogP contribution in [0, 0.1) is 13.8 Å². The highest BCUT2D eigenvalue weighted by Crippen LogP contribution is 2.27. The minimum absolute atomic E-state index is 0.0894. The van der Waals surface area contributed by atoms with E-state index in [9.17, 15) is 0 Å². The van der Waals surface area contributed by atoms with Crippen LogP contribution in [0.4, 0.5) is 0 Å². The molecule has 120 valence electrons. The van der Waals surface area contributed by atoms with Gasteiger partial charge in [0.1, 0.15) is 5.82 Å². The van der Waals surface area contributed by atoms with Crippen LogP contribution >= 0.6 is 0 Å². The van der Waals surface area contributed by atoms with Crippen molar-refractivity contribution in [2.75, 3.05) is 6.54 Å². The van der Waals surface area contributed by atoms with Gasteiger partial charge < -0.3 is 9.09 Å². The summed E-state index contributed by atoms with van der Waals surface area (Å²) in [5.74, 6) is 2.58. The number of imidazole rings is 1. The van der Waals surface area contributed by atoms with E-state index in [1.54, 1.807) is 0 Å². The lowest BCUT2D eigenvalue weighted by Crippen LogP contribution is -2.36. The second kappa shape index (κ2) is 5.19. The molecule has 0 amide bonds. The zero-order valence-electron chi connectivity index (χ0n) is 14.3. The van der Waals surface area contributed by atoms with Gasteiger partial charge in [0, 0.05) is 24.2 Å². The molecule has 0 aromatic carbocycles. The fourth-order valence-electron chi connectivity index (χ4n) is 2.83. The summed E-state index contributed by atoms with van der Waals surface area (Å²) in [6.07, 6.45) is 0. The van der Waals surface area contributed by atoms with Crippen LogP contribution in [-0.2, 0) is 18.5 Å². The summed E-state index contributed by atoms with van der Waals surface area (Å²) in [5, 5.41) is 4.13. The number of fused-ring (bicyclic) bond motifs is 1. The summed E-state index contributed by atoms with van der Waals surface area (Å²) in [6, 6.07) is 0.106. The lowest BCUT2D eigenvalue weighted by Gasteiger charge is -2.31. The molecule has 0 aliphatic carbocycles. The summed E-state index contributed by atoms with van der Waals surface area (Å²) in [4.78, 5) is 11.6. The Morgan fingerprint density at radius 3 is 2.50 bits per heavy atom. The second-order valence-electron chi connectivity index (χ2n) is 7.20. The van der Waals surface area contributed by atoms with E-state index in [2.05, 4.69) is 66.1 Å². The summed E-state index contributed by atoms with van der Waals surface area (Å²) < 4.78 is 7.81. The van der Waals surface area contributed by atoms with Gasteiger partial charge in [0.05, 0.1) is 18.3 Å². The average molecular weight is 303 g/mol. The Bertz CT molecular complexity index is 679. The van der Waals surface area contributed by atoms with Crippen LogP contribution in [0.1, 0.15) is 62.7 Å². The van der Waals surface area contributed by atoms with Gasteiger partial charge in [-0.25, -0.2) is 4.98 Å². The van der Waals surface area contributed by atoms with Crippen LogP contribution in [0.5, 0.6) is 0 Å². The quantitative estimate of drug-likeness (QED) is 0.853. The van der Waals surface area contributed by atoms with Crippen molar-refractivity contribution in [1.29, 1.82) is 0 Å². The van der Waals surface area contributed by atoms with Gasteiger partial charge >= 0.3 is 0 Å². The maximum absolute atomic E-state index is 5.49. The molecule has 6 nitrogen and oxygen atoms in total. The standard InChI is InChI=1S/C16H25N5O/c1-10-11(2)21-8-7-20(9-13(21)17-10)12(3)14-18-15(19-22-14)16(4,5)6/h12H,7-9H2,1-6H3. The Hall–Kier alpha value is -1.69. The molecule has 0 radical (unpaired) electrons. The van der Waals surface area contributed by atoms with Gasteiger partial charge in [0.2, 0.25) is 5.89 Å². The zero-order chi connectivity index (χ0) is 16.1. The zero-order valence-corrected chi connectivity index (χ0v) is 14.3. The molecule has 0 saturated heterocycles. The molecule has 2 aromatic rings. The average Bonchev–Trinajstić information content (AvgIpc) is 3.04. The molecule has 0 spiro atoms. The molecule has 2 aromatic heterocycles. The SMILES string of the molecule is Cc1nc2n(c1C)CCN(C(C)c1nc(C(C)(C)C)no1)C2. The summed E-state index contributed by atoms with van der Waals surface area (Å²) in [6.45, 7) is 15.4. The predicted molar refractivity (Wildman–Crippen MR) is 83.5 cm³/mol. The van der Waals surface area contributed by atoms with Crippen molar-refractivity contribution in [3.8, 4) is 0 Å². The van der Waals surface area contributed by atoms with Gasteiger partial charge in [-0.15, -0.1) is 0 Å². The first kappa shape index (κ1) is 15.2. The Labute approximate surface area is 131 Å². The molecule has 1 aliphatic rings. The van der Waals surface area contributed by atoms with Gasteiger partial charge in [-0.3, -0.25) is 4.90 Å². The molecule has 3 rings (SSSR count). The highest BCUT2D eigenvalue weighted by Gasteiger charge is 2.29. The van der Waals surface area contributed by atoms with Crippen molar-refractivity contribution >= 4 is 0 Å². The topological polar surface area (TPSA) is 60.0 Å². The first-order chi connectivity index (χ1) is 10.3. The summed E-state index contributed by atoms with van der Waals surface area (Å²) >= 11 is 0. The third kappa shape index (κ3) is 2.56. The van der Waals surface area contributed by atoms with E-state index in [0.717, 1.165) is 37.0 Å². The van der Waals surface area contributed by atoms with Gasteiger partial charge in [0.15, 0.2) is 5.82 Å². The van der Waals surface area contributed by atoms with Gasteiger partial charge in [0.25, 0.3) is 0 Å². The minimum Gasteiger partial charge on any atom is -0.338 e. The third-order valence-electron chi connectivity index (χ3n) is 4.51. The van der Waals surface area contributed by atoms with Crippen LogP contribution < -0.4 is 0 Å². The summed E-state index contributed by atoms with van der Waals surface area (Å²) in [5.41, 5.74) is 2.31. The lowest BCUT2D eigenvalue weighted by molar-refractivity contribution is 0.135. The number of hydrogen-bond acceptors (Lipinski definition) is 5. The van der Waals surface area contributed by atoms with Crippen molar-refractivity contribution in [3.05, 3.63) is 28.9 Å². The molecule has 22 heavy (non-hydrogen) atoms. The molecule has 0 N–H and O–H groups in total. The van der Waals surface area contributed by atoms with Crippen molar-refractivity contribution < 1.29 is 4.52 Å². The van der Waals surface area contributed by atoms with E-state index in [1.807, 2.05) is 0 Å². The number of rotatable bonds is 2. The number of aromatic nitrogens is 4. The van der Waals surface area contributed by atoms with E-state index in [4.69, 9.17) is 4.52 Å². The molecule has 0 fully saturated rings. The monoisotopic (exact) mass is 303 g/mol. The molecule has 6 heteroatoms. The number of nitrogens with zero attached hydrogens (tertiary/aromatic N) is 5. The van der Waals surface area contributed by atoms with Crippen molar-refractivity contribution in [2.45, 2.75) is 66.1 Å². The first-order valence-corrected chi connectivity index (χ1v) is 7.88. The Balaban J connectivity index is 1.79. The Kier molecular flexibility index (Phi) is 3.59. The van der Waals surface area contributed by atoms with E-state index in [0.29, 0.717) is 5.89 Å². The van der Waals surface area contributed by atoms with Crippen LogP contribution in [0.2, 0.25) is 0 Å². The highest BCUT2D eigenvalue weighted by molar-refractivity contribution is 5.16. The maximum atomic E-state index is 5.49. The predicted octanol–water partition coefficient (Wildman–Crippen LogP) is 2.76. The lowest BCUT2D eigenvalue weighted by atomic mass is 9.96. The normalized spacial score (nSPS) is 17.5. The molecule has 1 atom stereocenters. The summed E-state index contributed by atoms with van der Waals surface area (Å²) in [7, 11) is 0. The van der Waals surface area contributed by atoms with Gasteiger partial charge in [-0.1, -0.05) is 25.9 Å². The fraction of sp³-hybridized carbons (Fsp3) is 0.688. The van der Waals surface area contributed by atoms with Crippen molar-refractivity contribution in [1.82, 2.24) is 24.6 Å². The number of hydrogen-bond donors (Lipinski definition) is 0. The van der Waals surface area contributed by atoms with E-state index in [-0.39, 0.29) is 11.5 Å². The smallest absolute Gasteiger partial charge is 0.243 e. The molecule has 3 heterocycles. The molecule has 1 aliphatic heterocycles. The van der Waals surface area contributed by atoms with Crippen molar-refractivity contribution in [3.63, 3.8) is 0 Å². The molecule has 0 saturated carbocycles. The largest absolute Gasteiger partial charge is 0.338 e. The molecule has 0 bridgehead atoms. The van der Waals surface area contributed by atoms with Crippen LogP contribution in [0.3, 0.4) is 0 Å². The maximum Gasteiger partial charge on any atom is 0.243 e. The highest BCUT2D eigenvalue weighted by atomic mass is 16.5. The molecular formula is C16H25N5O. The Morgan fingerprint density at radius 2 is 1.86 bits per heavy atom. The van der Waals surface area contributed by atoms with Crippen molar-refractivity contribution in [2.24, 2.45) is 0 Å². The fourth-order valence-corrected chi connectivity index (χ4v) is 2.83. The van der Waals surface area contributed by atoms with Gasteiger partial charge in [-0.05, 0) is 20.8 Å². The molecular weight excluding hydrogens is 278 g/mol. The van der Waals surface area contributed by atoms with E-state index < -0.39 is 0 Å². The Morgan fingerprint density at radius 1 is 1.14 bits per heavy atom.